The quantitative estimate of drug-likeness (QED) is 0.158. The van der Waals surface area contributed by atoms with Crippen LogP contribution in [0.2, 0.25) is 0 Å². The molecule has 0 amide bonds. The van der Waals surface area contributed by atoms with Crippen molar-refractivity contribution in [2.45, 2.75) is 26.2 Å². The lowest BCUT2D eigenvalue weighted by Crippen LogP contribution is -2.13. The number of rotatable bonds is 4. The van der Waals surface area contributed by atoms with Gasteiger partial charge in [-0.25, -0.2) is 0 Å². The molecule has 11 aromatic carbocycles. The molecule has 11 aromatic rings. The minimum absolute atomic E-state index is 0.0707. The zero-order chi connectivity index (χ0) is 39.0. The van der Waals surface area contributed by atoms with E-state index in [1.165, 1.54) is 115 Å². The van der Waals surface area contributed by atoms with Gasteiger partial charge in [-0.15, -0.1) is 0 Å². The fourth-order valence-corrected chi connectivity index (χ4v) is 9.82. The lowest BCUT2D eigenvalue weighted by Gasteiger charge is -2.27. The predicted octanol–water partition coefficient (Wildman–Crippen LogP) is 16.6. The van der Waals surface area contributed by atoms with Crippen molar-refractivity contribution in [3.63, 3.8) is 0 Å². The van der Waals surface area contributed by atoms with Crippen molar-refractivity contribution < 1.29 is 0 Å². The van der Waals surface area contributed by atoms with E-state index in [2.05, 4.69) is 221 Å². The minimum atomic E-state index is -0.0707. The van der Waals surface area contributed by atoms with Crippen LogP contribution >= 0.6 is 0 Å². The van der Waals surface area contributed by atoms with Crippen LogP contribution in [-0.4, -0.2) is 0 Å². The standard InChI is InChI=1S/C58H42/c1-58(2,3)57-52-25-13-12-24-50(52)56(45-26-14-18-39-16-6-7-19-44(39)45)51-34-33-42(36-53(51)57)38-27-30-40(31-28-38)54-46-20-8-10-22-48(46)55(49-23-11-9-21-47(49)54)43-32-29-37-15-4-5-17-41(37)35-43/h4-36H,1-3H3. The third-order valence-corrected chi connectivity index (χ3v) is 12.3. The summed E-state index contributed by atoms with van der Waals surface area (Å²) in [7, 11) is 0. The molecule has 0 heterocycles. The highest BCUT2D eigenvalue weighted by Crippen LogP contribution is 2.47. The Balaban J connectivity index is 1.10. The molecule has 0 saturated carbocycles. The Labute approximate surface area is 339 Å². The highest BCUT2D eigenvalue weighted by molar-refractivity contribution is 6.22. The van der Waals surface area contributed by atoms with Gasteiger partial charge < -0.3 is 0 Å². The van der Waals surface area contributed by atoms with Gasteiger partial charge in [0.1, 0.15) is 0 Å². The van der Waals surface area contributed by atoms with Gasteiger partial charge in [-0.2, -0.15) is 0 Å². The molecule has 0 saturated heterocycles. The molecule has 0 fully saturated rings. The first-order valence-corrected chi connectivity index (χ1v) is 20.4. The third kappa shape index (κ3) is 5.44. The van der Waals surface area contributed by atoms with Gasteiger partial charge in [-0.05, 0) is 132 Å². The van der Waals surface area contributed by atoms with Crippen molar-refractivity contribution in [2.75, 3.05) is 0 Å². The van der Waals surface area contributed by atoms with E-state index in [1.807, 2.05) is 0 Å². The first kappa shape index (κ1) is 34.2. The van der Waals surface area contributed by atoms with Crippen LogP contribution in [0.3, 0.4) is 0 Å². The Morgan fingerprint density at radius 1 is 0.259 bits per heavy atom. The SMILES string of the molecule is CC(C)(C)c1c2ccccc2c(-c2cccc3ccccc23)c2ccc(-c3ccc(-c4c5ccccc5c(-c5ccc6ccccc6c5)c5ccccc45)cc3)cc12. The first-order valence-electron chi connectivity index (χ1n) is 20.4. The molecule has 0 aliphatic carbocycles. The van der Waals surface area contributed by atoms with E-state index < -0.39 is 0 Å². The zero-order valence-electron chi connectivity index (χ0n) is 33.1. The van der Waals surface area contributed by atoms with Crippen LogP contribution < -0.4 is 0 Å². The normalized spacial score (nSPS) is 12.1. The highest BCUT2D eigenvalue weighted by atomic mass is 14.3. The van der Waals surface area contributed by atoms with Crippen LogP contribution in [0.1, 0.15) is 26.3 Å². The summed E-state index contributed by atoms with van der Waals surface area (Å²) >= 11 is 0. The maximum atomic E-state index is 2.45. The molecule has 0 aliphatic rings. The van der Waals surface area contributed by atoms with E-state index in [0.717, 1.165) is 0 Å². The molecule has 0 aromatic heterocycles. The van der Waals surface area contributed by atoms with Gasteiger partial charge in [0.2, 0.25) is 0 Å². The van der Waals surface area contributed by atoms with E-state index in [1.54, 1.807) is 0 Å². The van der Waals surface area contributed by atoms with Gasteiger partial charge in [0.05, 0.1) is 0 Å². The second kappa shape index (κ2) is 13.3. The van der Waals surface area contributed by atoms with E-state index in [9.17, 15) is 0 Å². The molecular formula is C58H42. The number of fused-ring (bicyclic) bond motifs is 6. The van der Waals surface area contributed by atoms with Gasteiger partial charge in [0, 0.05) is 0 Å². The highest BCUT2D eigenvalue weighted by Gasteiger charge is 2.25. The molecule has 0 radical (unpaired) electrons. The van der Waals surface area contributed by atoms with Crippen molar-refractivity contribution in [3.05, 3.63) is 206 Å². The van der Waals surface area contributed by atoms with Crippen LogP contribution in [0, 0.1) is 0 Å². The van der Waals surface area contributed by atoms with Crippen molar-refractivity contribution in [1.82, 2.24) is 0 Å². The third-order valence-electron chi connectivity index (χ3n) is 12.3. The fraction of sp³-hybridized carbons (Fsp3) is 0.0690. The summed E-state index contributed by atoms with van der Waals surface area (Å²) in [4.78, 5) is 0. The average molecular weight is 739 g/mol. The second-order valence-corrected chi connectivity index (χ2v) is 16.8. The van der Waals surface area contributed by atoms with Gasteiger partial charge in [-0.1, -0.05) is 209 Å². The Morgan fingerprint density at radius 3 is 1.34 bits per heavy atom. The van der Waals surface area contributed by atoms with Crippen LogP contribution in [0.15, 0.2) is 200 Å². The van der Waals surface area contributed by atoms with Crippen LogP contribution in [0.4, 0.5) is 0 Å². The number of hydrogen-bond acceptors (Lipinski definition) is 0. The Morgan fingerprint density at radius 2 is 0.707 bits per heavy atom. The Hall–Kier alpha value is -7.02. The molecule has 58 heavy (non-hydrogen) atoms. The molecule has 0 N–H and O–H groups in total. The molecular weight excluding hydrogens is 697 g/mol. The lowest BCUT2D eigenvalue weighted by molar-refractivity contribution is 0.601. The smallest absolute Gasteiger partial charge is 0.00204 e. The summed E-state index contributed by atoms with van der Waals surface area (Å²) in [6.07, 6.45) is 0. The predicted molar refractivity (Wildman–Crippen MR) is 252 cm³/mol. The van der Waals surface area contributed by atoms with Crippen LogP contribution in [-0.2, 0) is 5.41 Å². The van der Waals surface area contributed by atoms with Gasteiger partial charge in [0.15, 0.2) is 0 Å². The van der Waals surface area contributed by atoms with Crippen molar-refractivity contribution in [2.24, 2.45) is 0 Å². The lowest BCUT2D eigenvalue weighted by atomic mass is 9.77. The van der Waals surface area contributed by atoms with Crippen LogP contribution in [0.5, 0.6) is 0 Å². The molecule has 0 unspecified atom stereocenters. The molecule has 0 bridgehead atoms. The largest absolute Gasteiger partial charge is 0.0616 e. The van der Waals surface area contributed by atoms with E-state index >= 15 is 0 Å². The van der Waals surface area contributed by atoms with Crippen molar-refractivity contribution >= 4 is 64.6 Å². The molecule has 0 spiro atoms. The fourth-order valence-electron chi connectivity index (χ4n) is 9.82. The molecule has 0 aliphatic heterocycles. The monoisotopic (exact) mass is 738 g/mol. The van der Waals surface area contributed by atoms with E-state index in [4.69, 9.17) is 0 Å². The molecule has 274 valence electrons. The average Bonchev–Trinajstić information content (AvgIpc) is 3.26. The van der Waals surface area contributed by atoms with Gasteiger partial charge in [-0.3, -0.25) is 0 Å². The summed E-state index contributed by atoms with van der Waals surface area (Å²) in [5, 5.41) is 15.4. The second-order valence-electron chi connectivity index (χ2n) is 16.8. The van der Waals surface area contributed by atoms with Gasteiger partial charge in [0.25, 0.3) is 0 Å². The summed E-state index contributed by atoms with van der Waals surface area (Å²) in [6.45, 7) is 7.06. The summed E-state index contributed by atoms with van der Waals surface area (Å²) in [5.41, 5.74) is 11.4. The Bertz CT molecular complexity index is 3350. The molecule has 0 atom stereocenters. The zero-order valence-corrected chi connectivity index (χ0v) is 33.1. The Kier molecular flexibility index (Phi) is 7.85. The summed E-state index contributed by atoms with van der Waals surface area (Å²) in [6, 6.07) is 74.4. The minimum Gasteiger partial charge on any atom is -0.0616 e. The van der Waals surface area contributed by atoms with Gasteiger partial charge >= 0.3 is 0 Å². The molecule has 0 heteroatoms. The van der Waals surface area contributed by atoms with Crippen LogP contribution in [0.25, 0.3) is 109 Å². The molecule has 11 rings (SSSR count). The number of hydrogen-bond donors (Lipinski definition) is 0. The topological polar surface area (TPSA) is 0 Å². The number of benzene rings is 11. The maximum Gasteiger partial charge on any atom is -0.00204 e. The van der Waals surface area contributed by atoms with Crippen molar-refractivity contribution in [3.8, 4) is 44.5 Å². The van der Waals surface area contributed by atoms with E-state index in [0.29, 0.717) is 0 Å². The first-order chi connectivity index (χ1) is 28.4. The summed E-state index contributed by atoms with van der Waals surface area (Å²) < 4.78 is 0. The molecule has 0 nitrogen and oxygen atoms in total. The van der Waals surface area contributed by atoms with E-state index in [-0.39, 0.29) is 5.41 Å². The van der Waals surface area contributed by atoms with Crippen molar-refractivity contribution in [1.29, 1.82) is 0 Å². The summed E-state index contributed by atoms with van der Waals surface area (Å²) in [5.74, 6) is 0. The maximum absolute atomic E-state index is 2.45.